The van der Waals surface area contributed by atoms with E-state index in [1.54, 1.807) is 24.3 Å². The molecular weight excluding hydrogens is 323 g/mol. The zero-order chi connectivity index (χ0) is 14.5. The van der Waals surface area contributed by atoms with Crippen LogP contribution in [0.5, 0.6) is 0 Å². The molecule has 2 rings (SSSR count). The van der Waals surface area contributed by atoms with Crippen LogP contribution in [0.3, 0.4) is 0 Å². The number of nitrogens with two attached hydrogens (primary N) is 1. The molecule has 0 radical (unpaired) electrons. The number of benzene rings is 2. The Morgan fingerprint density at radius 2 is 2.00 bits per heavy atom. The van der Waals surface area contributed by atoms with Gasteiger partial charge in [-0.2, -0.15) is 0 Å². The summed E-state index contributed by atoms with van der Waals surface area (Å²) in [6.45, 7) is 0.469. The van der Waals surface area contributed by atoms with Crippen molar-refractivity contribution in [2.24, 2.45) is 5.73 Å². The Morgan fingerprint density at radius 1 is 1.25 bits per heavy atom. The van der Waals surface area contributed by atoms with Crippen molar-refractivity contribution in [1.29, 1.82) is 0 Å². The van der Waals surface area contributed by atoms with Gasteiger partial charge in [0, 0.05) is 11.3 Å². The van der Waals surface area contributed by atoms with Crippen LogP contribution in [-0.4, -0.2) is 12.5 Å². The van der Waals surface area contributed by atoms with Gasteiger partial charge in [0.25, 0.3) is 5.91 Å². The minimum atomic E-state index is -0.418. The topological polar surface area (TPSA) is 55.1 Å². The number of hydrogen-bond acceptors (Lipinski definition) is 2. The fourth-order valence-electron chi connectivity index (χ4n) is 1.89. The predicted octanol–water partition coefficient (Wildman–Crippen LogP) is 3.34. The second-order valence-corrected chi connectivity index (χ2v) is 5.13. The van der Waals surface area contributed by atoms with Gasteiger partial charge < -0.3 is 11.1 Å². The monoisotopic (exact) mass is 336 g/mol. The number of rotatable bonds is 4. The molecule has 3 N–H and O–H groups in total. The lowest BCUT2D eigenvalue weighted by atomic mass is 10.0. The molecule has 3 nitrogen and oxygen atoms in total. The lowest BCUT2D eigenvalue weighted by Gasteiger charge is -2.10. The summed E-state index contributed by atoms with van der Waals surface area (Å²) in [6, 6.07) is 11.7. The zero-order valence-electron chi connectivity index (χ0n) is 10.7. The molecule has 0 saturated heterocycles. The molecule has 5 heteroatoms. The Morgan fingerprint density at radius 3 is 2.70 bits per heavy atom. The molecule has 0 fully saturated rings. The Balaban J connectivity index is 2.21. The smallest absolute Gasteiger partial charge is 0.255 e. The average molecular weight is 337 g/mol. The Kier molecular flexibility index (Phi) is 4.87. The van der Waals surface area contributed by atoms with Crippen molar-refractivity contribution in [2.45, 2.75) is 6.42 Å². The van der Waals surface area contributed by atoms with Crippen LogP contribution < -0.4 is 11.1 Å². The predicted molar refractivity (Wildman–Crippen MR) is 81.3 cm³/mol. The number of nitrogens with one attached hydrogen (secondary N) is 1. The van der Waals surface area contributed by atoms with Crippen LogP contribution in [0.25, 0.3) is 0 Å². The molecule has 0 bridgehead atoms. The first-order valence-corrected chi connectivity index (χ1v) is 6.95. The lowest BCUT2D eigenvalue weighted by Crippen LogP contribution is -2.16. The maximum Gasteiger partial charge on any atom is 0.255 e. The summed E-state index contributed by atoms with van der Waals surface area (Å²) in [5, 5.41) is 2.68. The minimum Gasteiger partial charge on any atom is -0.330 e. The second-order valence-electron chi connectivity index (χ2n) is 4.28. The summed E-state index contributed by atoms with van der Waals surface area (Å²) < 4.78 is 13.8. The highest BCUT2D eigenvalue weighted by Gasteiger charge is 2.11. The van der Waals surface area contributed by atoms with E-state index in [9.17, 15) is 9.18 Å². The summed E-state index contributed by atoms with van der Waals surface area (Å²) in [6.07, 6.45) is 0.623. The standard InChI is InChI=1S/C15H14BrFN2O/c16-13-6-5-11(9-14(13)17)19-15(20)12-4-2-1-3-10(12)7-8-18/h1-6,9H,7-8,18H2,(H,19,20). The summed E-state index contributed by atoms with van der Waals surface area (Å²) in [4.78, 5) is 12.2. The fourth-order valence-corrected chi connectivity index (χ4v) is 2.13. The maximum atomic E-state index is 13.4. The van der Waals surface area contributed by atoms with E-state index in [-0.39, 0.29) is 5.91 Å². The van der Waals surface area contributed by atoms with Crippen LogP contribution in [0.1, 0.15) is 15.9 Å². The molecule has 0 spiro atoms. The first-order chi connectivity index (χ1) is 9.61. The van der Waals surface area contributed by atoms with Gasteiger partial charge in [-0.25, -0.2) is 4.39 Å². The second kappa shape index (κ2) is 6.63. The molecule has 0 aliphatic heterocycles. The molecule has 0 aliphatic rings. The van der Waals surface area contributed by atoms with Gasteiger partial charge in [-0.15, -0.1) is 0 Å². The number of amides is 1. The molecule has 0 aliphatic carbocycles. The molecule has 1 amide bonds. The van der Waals surface area contributed by atoms with Gasteiger partial charge in [0.2, 0.25) is 0 Å². The maximum absolute atomic E-state index is 13.4. The zero-order valence-corrected chi connectivity index (χ0v) is 12.3. The lowest BCUT2D eigenvalue weighted by molar-refractivity contribution is 0.102. The Bertz CT molecular complexity index is 631. The summed E-state index contributed by atoms with van der Waals surface area (Å²) in [7, 11) is 0. The van der Waals surface area contributed by atoms with Gasteiger partial charge in [-0.3, -0.25) is 4.79 Å². The molecule has 0 atom stereocenters. The van der Waals surface area contributed by atoms with Gasteiger partial charge >= 0.3 is 0 Å². The van der Waals surface area contributed by atoms with E-state index in [4.69, 9.17) is 5.73 Å². The first kappa shape index (κ1) is 14.7. The van der Waals surface area contributed by atoms with Crippen LogP contribution in [-0.2, 0) is 6.42 Å². The summed E-state index contributed by atoms with van der Waals surface area (Å²) in [5.74, 6) is -0.686. The van der Waals surface area contributed by atoms with E-state index in [2.05, 4.69) is 21.2 Å². The Hall–Kier alpha value is -1.72. The molecular formula is C15H14BrFN2O. The highest BCUT2D eigenvalue weighted by atomic mass is 79.9. The molecule has 104 valence electrons. The normalized spacial score (nSPS) is 10.3. The number of carbonyl (C=O) groups is 1. The van der Waals surface area contributed by atoms with Gasteiger partial charge in [0.15, 0.2) is 0 Å². The van der Waals surface area contributed by atoms with Gasteiger partial charge in [-0.1, -0.05) is 18.2 Å². The number of anilines is 1. The molecule has 20 heavy (non-hydrogen) atoms. The average Bonchev–Trinajstić information content (AvgIpc) is 2.44. The van der Waals surface area contributed by atoms with Gasteiger partial charge in [0.05, 0.1) is 4.47 Å². The van der Waals surface area contributed by atoms with Crippen molar-refractivity contribution >= 4 is 27.5 Å². The van der Waals surface area contributed by atoms with Crippen molar-refractivity contribution in [3.63, 3.8) is 0 Å². The van der Waals surface area contributed by atoms with Crippen LogP contribution in [0.15, 0.2) is 46.9 Å². The summed E-state index contributed by atoms with van der Waals surface area (Å²) >= 11 is 3.07. The molecule has 2 aromatic rings. The third kappa shape index (κ3) is 3.43. The number of hydrogen-bond donors (Lipinski definition) is 2. The fraction of sp³-hybridized carbons (Fsp3) is 0.133. The van der Waals surface area contributed by atoms with Crippen LogP contribution >= 0.6 is 15.9 Å². The summed E-state index contributed by atoms with van der Waals surface area (Å²) in [5.41, 5.74) is 7.38. The van der Waals surface area contributed by atoms with Crippen LogP contribution in [0, 0.1) is 5.82 Å². The van der Waals surface area contributed by atoms with Gasteiger partial charge in [0.1, 0.15) is 5.82 Å². The van der Waals surface area contributed by atoms with Crippen LogP contribution in [0.2, 0.25) is 0 Å². The van der Waals surface area contributed by atoms with Crippen molar-refractivity contribution in [1.82, 2.24) is 0 Å². The van der Waals surface area contributed by atoms with Crippen molar-refractivity contribution < 1.29 is 9.18 Å². The van der Waals surface area contributed by atoms with Crippen molar-refractivity contribution in [3.05, 3.63) is 63.9 Å². The number of halogens is 2. The molecule has 2 aromatic carbocycles. The van der Waals surface area contributed by atoms with Crippen LogP contribution in [0.4, 0.5) is 10.1 Å². The number of carbonyl (C=O) groups excluding carboxylic acids is 1. The van der Waals surface area contributed by atoms with E-state index in [0.717, 1.165) is 5.56 Å². The largest absolute Gasteiger partial charge is 0.330 e. The van der Waals surface area contributed by atoms with Crippen molar-refractivity contribution in [3.8, 4) is 0 Å². The van der Waals surface area contributed by atoms with E-state index < -0.39 is 5.82 Å². The van der Waals surface area contributed by atoms with E-state index in [1.807, 2.05) is 12.1 Å². The van der Waals surface area contributed by atoms with Gasteiger partial charge in [-0.05, 0) is 58.7 Å². The highest BCUT2D eigenvalue weighted by molar-refractivity contribution is 9.10. The first-order valence-electron chi connectivity index (χ1n) is 6.16. The third-order valence-electron chi connectivity index (χ3n) is 2.85. The molecule has 0 saturated carbocycles. The minimum absolute atomic E-state index is 0.268. The molecule has 0 unspecified atom stereocenters. The van der Waals surface area contributed by atoms with Crippen molar-refractivity contribution in [2.75, 3.05) is 11.9 Å². The molecule has 0 aromatic heterocycles. The van der Waals surface area contributed by atoms with E-state index in [1.165, 1.54) is 6.07 Å². The van der Waals surface area contributed by atoms with E-state index in [0.29, 0.717) is 28.7 Å². The Labute approximate surface area is 125 Å². The molecule has 0 heterocycles. The SMILES string of the molecule is NCCc1ccccc1C(=O)Nc1ccc(Br)c(F)c1. The highest BCUT2D eigenvalue weighted by Crippen LogP contribution is 2.20. The van der Waals surface area contributed by atoms with E-state index >= 15 is 0 Å². The quantitative estimate of drug-likeness (QED) is 0.899. The third-order valence-corrected chi connectivity index (χ3v) is 3.50.